The fraction of sp³-hybridized carbons (Fsp3) is 1.00. The van der Waals surface area contributed by atoms with E-state index in [1.807, 2.05) is 0 Å². The molecule has 48 valence electrons. The number of alkyl halides is 2. The van der Waals surface area contributed by atoms with E-state index in [9.17, 15) is 8.78 Å². The molecule has 2 unspecified atom stereocenters. The minimum Gasteiger partial charge on any atom is -0.323 e. The molecular formula is C5H9F2N. The van der Waals surface area contributed by atoms with Crippen molar-refractivity contribution >= 4 is 0 Å². The van der Waals surface area contributed by atoms with Crippen LogP contribution in [0.5, 0.6) is 0 Å². The molecule has 0 saturated heterocycles. The molecule has 3 heteroatoms. The van der Waals surface area contributed by atoms with Crippen molar-refractivity contribution in [3.05, 3.63) is 0 Å². The Balaban J connectivity index is 2.42. The van der Waals surface area contributed by atoms with Crippen LogP contribution in [0.4, 0.5) is 8.78 Å². The van der Waals surface area contributed by atoms with Gasteiger partial charge in [0.1, 0.15) is 12.3 Å². The van der Waals surface area contributed by atoms with Crippen molar-refractivity contribution in [3.8, 4) is 0 Å². The maximum absolute atomic E-state index is 12.2. The van der Waals surface area contributed by atoms with E-state index < -0.39 is 24.3 Å². The molecule has 1 saturated carbocycles. The summed E-state index contributed by atoms with van der Waals surface area (Å²) in [7, 11) is 0. The molecule has 0 amide bonds. The zero-order chi connectivity index (χ0) is 6.31. The van der Waals surface area contributed by atoms with Crippen LogP contribution in [0.15, 0.2) is 0 Å². The van der Waals surface area contributed by atoms with Crippen molar-refractivity contribution in [1.82, 2.24) is 0 Å². The van der Waals surface area contributed by atoms with Crippen LogP contribution in [0.2, 0.25) is 0 Å². The molecule has 1 fully saturated rings. The van der Waals surface area contributed by atoms with Crippen LogP contribution in [-0.4, -0.2) is 18.4 Å². The number of nitrogens with two attached hydrogens (primary N) is 1. The molecule has 0 radical (unpaired) electrons. The fourth-order valence-electron chi connectivity index (χ4n) is 0.907. The summed E-state index contributed by atoms with van der Waals surface area (Å²) in [6.07, 6.45) is -2.24. The highest BCUT2D eigenvalue weighted by Gasteiger charge is 2.46. The minimum absolute atomic E-state index is 0.481. The van der Waals surface area contributed by atoms with Gasteiger partial charge in [-0.15, -0.1) is 0 Å². The Labute approximate surface area is 46.9 Å². The lowest BCUT2D eigenvalue weighted by Gasteiger charge is -2.38. The van der Waals surface area contributed by atoms with Gasteiger partial charge in [0, 0.05) is 5.92 Å². The van der Waals surface area contributed by atoms with Gasteiger partial charge in [-0.2, -0.15) is 0 Å². The van der Waals surface area contributed by atoms with Crippen LogP contribution in [-0.2, 0) is 0 Å². The zero-order valence-electron chi connectivity index (χ0n) is 4.64. The van der Waals surface area contributed by atoms with Crippen LogP contribution >= 0.6 is 0 Å². The van der Waals surface area contributed by atoms with Crippen molar-refractivity contribution in [2.75, 3.05) is 0 Å². The van der Waals surface area contributed by atoms with E-state index in [-0.39, 0.29) is 0 Å². The van der Waals surface area contributed by atoms with Crippen molar-refractivity contribution in [1.29, 1.82) is 0 Å². The Kier molecular flexibility index (Phi) is 1.23. The Hall–Kier alpha value is -0.180. The quantitative estimate of drug-likeness (QED) is 0.500. The van der Waals surface area contributed by atoms with Crippen LogP contribution < -0.4 is 5.73 Å². The summed E-state index contributed by atoms with van der Waals surface area (Å²) in [4.78, 5) is 0. The first-order valence-corrected chi connectivity index (χ1v) is 2.68. The zero-order valence-corrected chi connectivity index (χ0v) is 4.64. The van der Waals surface area contributed by atoms with Crippen LogP contribution in [0, 0.1) is 5.92 Å². The van der Waals surface area contributed by atoms with Gasteiger partial charge in [0.15, 0.2) is 0 Å². The molecule has 1 nitrogen and oxygen atoms in total. The molecule has 0 aromatic carbocycles. The van der Waals surface area contributed by atoms with Crippen molar-refractivity contribution in [3.63, 3.8) is 0 Å². The predicted molar refractivity (Wildman–Crippen MR) is 26.9 cm³/mol. The smallest absolute Gasteiger partial charge is 0.123 e. The second-order valence-corrected chi connectivity index (χ2v) is 2.33. The van der Waals surface area contributed by atoms with Crippen molar-refractivity contribution in [2.24, 2.45) is 11.7 Å². The Morgan fingerprint density at radius 1 is 1.25 bits per heavy atom. The van der Waals surface area contributed by atoms with Gasteiger partial charge in [-0.1, -0.05) is 6.92 Å². The molecule has 2 N–H and O–H groups in total. The first kappa shape index (κ1) is 5.95. The van der Waals surface area contributed by atoms with E-state index in [1.54, 1.807) is 0 Å². The Morgan fingerprint density at radius 3 is 1.75 bits per heavy atom. The molecule has 8 heavy (non-hydrogen) atoms. The third-order valence-corrected chi connectivity index (χ3v) is 1.74. The molecule has 0 aromatic heterocycles. The lowest BCUT2D eigenvalue weighted by molar-refractivity contribution is -0.00889. The van der Waals surface area contributed by atoms with E-state index in [2.05, 4.69) is 0 Å². The van der Waals surface area contributed by atoms with E-state index in [1.165, 1.54) is 6.92 Å². The van der Waals surface area contributed by atoms with Gasteiger partial charge < -0.3 is 5.73 Å². The molecule has 0 aliphatic heterocycles. The largest absolute Gasteiger partial charge is 0.323 e. The molecule has 0 bridgehead atoms. The predicted octanol–water partition coefficient (Wildman–Crippen LogP) is 0.640. The Bertz CT molecular complexity index is 64.4. The third kappa shape index (κ3) is 0.540. The minimum atomic E-state index is -1.12. The van der Waals surface area contributed by atoms with Gasteiger partial charge in [0.05, 0.1) is 6.04 Å². The van der Waals surface area contributed by atoms with Gasteiger partial charge in [-0.3, -0.25) is 0 Å². The molecule has 0 heterocycles. The summed E-state index contributed by atoms with van der Waals surface area (Å²) in [6.45, 7) is 1.53. The summed E-state index contributed by atoms with van der Waals surface area (Å²) < 4.78 is 24.4. The van der Waals surface area contributed by atoms with Gasteiger partial charge in [0.25, 0.3) is 0 Å². The first-order chi connectivity index (χ1) is 3.64. The van der Waals surface area contributed by atoms with Crippen LogP contribution in [0.25, 0.3) is 0 Å². The molecule has 0 spiro atoms. The molecule has 1 rings (SSSR count). The molecule has 2 atom stereocenters. The SMILES string of the molecule is CC1C(F)C(N)C1F. The van der Waals surface area contributed by atoms with E-state index >= 15 is 0 Å². The molecule has 1 aliphatic carbocycles. The Morgan fingerprint density at radius 2 is 1.62 bits per heavy atom. The standard InChI is InChI=1S/C5H9F2N/c1-2-3(6)5(8)4(2)7/h2-5H,8H2,1H3. The molecular weight excluding hydrogens is 112 g/mol. The van der Waals surface area contributed by atoms with Gasteiger partial charge >= 0.3 is 0 Å². The van der Waals surface area contributed by atoms with Gasteiger partial charge in [-0.05, 0) is 0 Å². The third-order valence-electron chi connectivity index (χ3n) is 1.74. The first-order valence-electron chi connectivity index (χ1n) is 2.68. The molecule has 0 aromatic rings. The summed E-state index contributed by atoms with van der Waals surface area (Å²) >= 11 is 0. The van der Waals surface area contributed by atoms with E-state index in [0.29, 0.717) is 0 Å². The molecule has 1 aliphatic rings. The summed E-state index contributed by atoms with van der Waals surface area (Å²) in [5.74, 6) is -0.481. The maximum Gasteiger partial charge on any atom is 0.123 e. The second kappa shape index (κ2) is 1.65. The van der Waals surface area contributed by atoms with Crippen LogP contribution in [0.3, 0.4) is 0 Å². The summed E-state index contributed by atoms with van der Waals surface area (Å²) in [6, 6.07) is -0.856. The van der Waals surface area contributed by atoms with Gasteiger partial charge in [-0.25, -0.2) is 8.78 Å². The average Bonchev–Trinajstić information content (AvgIpc) is 1.83. The number of hydrogen-bond acceptors (Lipinski definition) is 1. The lowest BCUT2D eigenvalue weighted by atomic mass is 9.78. The number of hydrogen-bond donors (Lipinski definition) is 1. The fourth-order valence-corrected chi connectivity index (χ4v) is 0.907. The second-order valence-electron chi connectivity index (χ2n) is 2.33. The normalized spacial score (nSPS) is 55.5. The highest BCUT2D eigenvalue weighted by Crippen LogP contribution is 2.31. The van der Waals surface area contributed by atoms with E-state index in [4.69, 9.17) is 5.73 Å². The average molecular weight is 121 g/mol. The van der Waals surface area contributed by atoms with Crippen molar-refractivity contribution in [2.45, 2.75) is 25.3 Å². The summed E-state index contributed by atoms with van der Waals surface area (Å²) in [5.41, 5.74) is 5.01. The monoisotopic (exact) mass is 121 g/mol. The number of halogens is 2. The summed E-state index contributed by atoms with van der Waals surface area (Å²) in [5, 5.41) is 0. The van der Waals surface area contributed by atoms with Gasteiger partial charge in [0.2, 0.25) is 0 Å². The van der Waals surface area contributed by atoms with E-state index in [0.717, 1.165) is 0 Å². The topological polar surface area (TPSA) is 26.0 Å². The highest BCUT2D eigenvalue weighted by molar-refractivity contribution is 4.99. The lowest BCUT2D eigenvalue weighted by Crippen LogP contribution is -2.58. The van der Waals surface area contributed by atoms with Crippen molar-refractivity contribution < 1.29 is 8.78 Å². The number of rotatable bonds is 0. The maximum atomic E-state index is 12.2. The highest BCUT2D eigenvalue weighted by atomic mass is 19.2. The van der Waals surface area contributed by atoms with Crippen LogP contribution in [0.1, 0.15) is 6.92 Å².